The van der Waals surface area contributed by atoms with E-state index in [4.69, 9.17) is 10.5 Å². The van der Waals surface area contributed by atoms with Crippen LogP contribution in [0.2, 0.25) is 0 Å². The number of hydrogen-bond acceptors (Lipinski definition) is 2. The van der Waals surface area contributed by atoms with Crippen molar-refractivity contribution in [3.63, 3.8) is 0 Å². The second-order valence-corrected chi connectivity index (χ2v) is 5.93. The molecule has 2 aromatic rings. The molecule has 0 saturated heterocycles. The molecule has 4 rings (SSSR count). The summed E-state index contributed by atoms with van der Waals surface area (Å²) in [4.78, 5) is 0. The van der Waals surface area contributed by atoms with Gasteiger partial charge in [-0.05, 0) is 47.1 Å². The number of ether oxygens (including phenoxy) is 1. The smallest absolute Gasteiger partial charge is 0.122 e. The van der Waals surface area contributed by atoms with Gasteiger partial charge in [-0.1, -0.05) is 36.4 Å². The lowest BCUT2D eigenvalue weighted by Crippen LogP contribution is -2.21. The maximum Gasteiger partial charge on any atom is 0.122 e. The Morgan fingerprint density at radius 1 is 1.00 bits per heavy atom. The van der Waals surface area contributed by atoms with Crippen LogP contribution in [-0.2, 0) is 19.3 Å². The molecule has 2 aliphatic rings. The van der Waals surface area contributed by atoms with E-state index < -0.39 is 0 Å². The van der Waals surface area contributed by atoms with E-state index in [0.29, 0.717) is 5.92 Å². The molecule has 2 N–H and O–H groups in total. The van der Waals surface area contributed by atoms with E-state index in [1.165, 1.54) is 22.3 Å². The van der Waals surface area contributed by atoms with Gasteiger partial charge in [0.15, 0.2) is 0 Å². The molecule has 1 aliphatic carbocycles. The largest absolute Gasteiger partial charge is 0.493 e. The highest BCUT2D eigenvalue weighted by Crippen LogP contribution is 2.36. The molecule has 1 atom stereocenters. The maximum atomic E-state index is 6.53. The van der Waals surface area contributed by atoms with Crippen LogP contribution in [0.5, 0.6) is 5.75 Å². The van der Waals surface area contributed by atoms with Crippen molar-refractivity contribution < 1.29 is 4.74 Å². The van der Waals surface area contributed by atoms with Crippen LogP contribution in [0.3, 0.4) is 0 Å². The first-order valence-corrected chi connectivity index (χ1v) is 7.39. The summed E-state index contributed by atoms with van der Waals surface area (Å²) in [5.74, 6) is 1.56. The SMILES string of the molecule is NC(c1ccc2c(c1)CCO2)C1Cc2ccccc2C1. The Morgan fingerprint density at radius 2 is 1.75 bits per heavy atom. The zero-order chi connectivity index (χ0) is 13.5. The Morgan fingerprint density at radius 3 is 2.50 bits per heavy atom. The van der Waals surface area contributed by atoms with Gasteiger partial charge in [-0.2, -0.15) is 0 Å². The Bertz CT molecular complexity index is 625. The Labute approximate surface area is 119 Å². The molecule has 102 valence electrons. The molecule has 1 unspecified atom stereocenters. The molecular weight excluding hydrogens is 246 g/mol. The molecule has 2 aromatic carbocycles. The molecule has 0 radical (unpaired) electrons. The fraction of sp³-hybridized carbons (Fsp3) is 0.333. The summed E-state index contributed by atoms with van der Waals surface area (Å²) in [6, 6.07) is 15.3. The van der Waals surface area contributed by atoms with Gasteiger partial charge >= 0.3 is 0 Å². The maximum absolute atomic E-state index is 6.53. The van der Waals surface area contributed by atoms with Crippen LogP contribution in [0.25, 0.3) is 0 Å². The summed E-state index contributed by atoms with van der Waals surface area (Å²) in [5, 5.41) is 0. The second kappa shape index (κ2) is 4.64. The van der Waals surface area contributed by atoms with Crippen LogP contribution in [0.15, 0.2) is 42.5 Å². The van der Waals surface area contributed by atoms with Crippen molar-refractivity contribution in [2.24, 2.45) is 11.7 Å². The monoisotopic (exact) mass is 265 g/mol. The first-order valence-electron chi connectivity index (χ1n) is 7.39. The summed E-state index contributed by atoms with van der Waals surface area (Å²) in [5.41, 5.74) is 12.0. The zero-order valence-electron chi connectivity index (χ0n) is 11.5. The molecule has 0 saturated carbocycles. The van der Waals surface area contributed by atoms with E-state index in [9.17, 15) is 0 Å². The van der Waals surface area contributed by atoms with Crippen molar-refractivity contribution in [2.45, 2.75) is 25.3 Å². The van der Waals surface area contributed by atoms with Gasteiger partial charge in [0.25, 0.3) is 0 Å². The first-order chi connectivity index (χ1) is 9.81. The van der Waals surface area contributed by atoms with Crippen LogP contribution in [0, 0.1) is 5.92 Å². The lowest BCUT2D eigenvalue weighted by atomic mass is 9.90. The third-order valence-corrected chi connectivity index (χ3v) is 4.69. The lowest BCUT2D eigenvalue weighted by Gasteiger charge is -2.20. The average molecular weight is 265 g/mol. The van der Waals surface area contributed by atoms with E-state index in [1.54, 1.807) is 0 Å². The van der Waals surface area contributed by atoms with Gasteiger partial charge in [0.2, 0.25) is 0 Å². The minimum Gasteiger partial charge on any atom is -0.493 e. The van der Waals surface area contributed by atoms with Gasteiger partial charge in [-0.25, -0.2) is 0 Å². The molecule has 0 amide bonds. The number of benzene rings is 2. The zero-order valence-corrected chi connectivity index (χ0v) is 11.5. The van der Waals surface area contributed by atoms with Crippen molar-refractivity contribution in [2.75, 3.05) is 6.61 Å². The highest BCUT2D eigenvalue weighted by atomic mass is 16.5. The normalized spacial score (nSPS) is 18.4. The summed E-state index contributed by atoms with van der Waals surface area (Å²) in [6.07, 6.45) is 3.22. The second-order valence-electron chi connectivity index (χ2n) is 5.93. The van der Waals surface area contributed by atoms with Gasteiger partial charge < -0.3 is 10.5 Å². The van der Waals surface area contributed by atoms with Gasteiger partial charge in [0, 0.05) is 12.5 Å². The molecule has 0 bridgehead atoms. The van der Waals surface area contributed by atoms with E-state index in [0.717, 1.165) is 31.6 Å². The summed E-state index contributed by atoms with van der Waals surface area (Å²) in [7, 11) is 0. The summed E-state index contributed by atoms with van der Waals surface area (Å²) in [6.45, 7) is 0.808. The molecule has 0 fully saturated rings. The third kappa shape index (κ3) is 1.92. The number of nitrogens with two attached hydrogens (primary N) is 1. The average Bonchev–Trinajstić information content (AvgIpc) is 3.11. The fourth-order valence-electron chi connectivity index (χ4n) is 3.53. The van der Waals surface area contributed by atoms with E-state index in [1.807, 2.05) is 0 Å². The molecule has 2 heteroatoms. The highest BCUT2D eigenvalue weighted by Gasteiger charge is 2.27. The lowest BCUT2D eigenvalue weighted by molar-refractivity contribution is 0.356. The number of fused-ring (bicyclic) bond motifs is 2. The van der Waals surface area contributed by atoms with Crippen molar-refractivity contribution >= 4 is 0 Å². The van der Waals surface area contributed by atoms with Crippen molar-refractivity contribution in [3.8, 4) is 5.75 Å². The van der Waals surface area contributed by atoms with Crippen molar-refractivity contribution in [1.82, 2.24) is 0 Å². The van der Waals surface area contributed by atoms with Gasteiger partial charge in [-0.15, -0.1) is 0 Å². The van der Waals surface area contributed by atoms with Crippen LogP contribution < -0.4 is 10.5 Å². The first kappa shape index (κ1) is 12.0. The quantitative estimate of drug-likeness (QED) is 0.906. The van der Waals surface area contributed by atoms with Gasteiger partial charge in [-0.3, -0.25) is 0 Å². The van der Waals surface area contributed by atoms with Crippen molar-refractivity contribution in [3.05, 3.63) is 64.7 Å². The Kier molecular flexibility index (Phi) is 2.78. The summed E-state index contributed by atoms with van der Waals surface area (Å²) < 4.78 is 5.57. The molecule has 0 spiro atoms. The van der Waals surface area contributed by atoms with Crippen LogP contribution >= 0.6 is 0 Å². The van der Waals surface area contributed by atoms with E-state index in [2.05, 4.69) is 42.5 Å². The van der Waals surface area contributed by atoms with Crippen LogP contribution in [0.1, 0.15) is 28.3 Å². The molecule has 1 heterocycles. The molecule has 20 heavy (non-hydrogen) atoms. The molecule has 2 nitrogen and oxygen atoms in total. The molecule has 1 aliphatic heterocycles. The van der Waals surface area contributed by atoms with Crippen molar-refractivity contribution in [1.29, 1.82) is 0 Å². The summed E-state index contributed by atoms with van der Waals surface area (Å²) >= 11 is 0. The molecular formula is C18H19NO. The molecule has 0 aromatic heterocycles. The standard InChI is InChI=1S/C18H19NO/c19-18(15-5-6-17-14(11-15)7-8-20-17)16-9-12-3-1-2-4-13(12)10-16/h1-6,11,16,18H,7-10,19H2. The van der Waals surface area contributed by atoms with E-state index in [-0.39, 0.29) is 6.04 Å². The van der Waals surface area contributed by atoms with E-state index >= 15 is 0 Å². The Balaban J connectivity index is 1.58. The highest BCUT2D eigenvalue weighted by molar-refractivity contribution is 5.42. The third-order valence-electron chi connectivity index (χ3n) is 4.69. The number of hydrogen-bond donors (Lipinski definition) is 1. The predicted molar refractivity (Wildman–Crippen MR) is 79.9 cm³/mol. The minimum absolute atomic E-state index is 0.119. The van der Waals surface area contributed by atoms with Crippen LogP contribution in [-0.4, -0.2) is 6.61 Å². The van der Waals surface area contributed by atoms with Gasteiger partial charge in [0.05, 0.1) is 6.61 Å². The minimum atomic E-state index is 0.119. The number of rotatable bonds is 2. The van der Waals surface area contributed by atoms with Gasteiger partial charge in [0.1, 0.15) is 5.75 Å². The van der Waals surface area contributed by atoms with Crippen LogP contribution in [0.4, 0.5) is 0 Å². The fourth-order valence-corrected chi connectivity index (χ4v) is 3.53. The Hall–Kier alpha value is -1.80. The predicted octanol–water partition coefficient (Wildman–Crippen LogP) is 3.04. The topological polar surface area (TPSA) is 35.2 Å².